The monoisotopic (exact) mass is 365 g/mol. The highest BCUT2D eigenvalue weighted by Gasteiger charge is 2.28. The Morgan fingerprint density at radius 1 is 1.04 bits per heavy atom. The Hall–Kier alpha value is -3.08. The summed E-state index contributed by atoms with van der Waals surface area (Å²) in [6.45, 7) is 4.20. The van der Waals surface area contributed by atoms with Gasteiger partial charge in [0.25, 0.3) is 0 Å². The lowest BCUT2D eigenvalue weighted by Gasteiger charge is -2.35. The number of fused-ring (bicyclic) bond motifs is 1. The second-order valence-electron chi connectivity index (χ2n) is 7.20. The maximum Gasteiger partial charge on any atom is 0.337 e. The summed E-state index contributed by atoms with van der Waals surface area (Å²) in [5, 5.41) is 3.45. The van der Waals surface area contributed by atoms with Crippen molar-refractivity contribution < 1.29 is 19.1 Å². The van der Waals surface area contributed by atoms with Gasteiger partial charge in [0.1, 0.15) is 5.75 Å². The number of carbonyl (C=O) groups is 2. The molecule has 2 aromatic carbocycles. The lowest BCUT2D eigenvalue weighted by atomic mass is 9.85. The molecular weight excluding hydrogens is 342 g/mol. The van der Waals surface area contributed by atoms with Crippen molar-refractivity contribution in [3.05, 3.63) is 70.8 Å². The van der Waals surface area contributed by atoms with Crippen LogP contribution in [0.15, 0.2) is 48.5 Å². The van der Waals surface area contributed by atoms with Gasteiger partial charge < -0.3 is 14.8 Å². The van der Waals surface area contributed by atoms with E-state index >= 15 is 0 Å². The van der Waals surface area contributed by atoms with Crippen LogP contribution in [-0.2, 0) is 11.2 Å². The molecule has 5 heteroatoms. The van der Waals surface area contributed by atoms with Crippen molar-refractivity contribution in [2.75, 3.05) is 14.2 Å². The first-order valence-corrected chi connectivity index (χ1v) is 8.73. The smallest absolute Gasteiger partial charge is 0.337 e. The van der Waals surface area contributed by atoms with Crippen LogP contribution < -0.4 is 10.1 Å². The highest BCUT2D eigenvalue weighted by Crippen LogP contribution is 2.32. The van der Waals surface area contributed by atoms with E-state index in [0.717, 1.165) is 23.4 Å². The number of methoxy groups -OCH3 is 2. The highest BCUT2D eigenvalue weighted by atomic mass is 16.5. The molecule has 2 aromatic rings. The van der Waals surface area contributed by atoms with Crippen LogP contribution >= 0.6 is 0 Å². The van der Waals surface area contributed by atoms with Gasteiger partial charge >= 0.3 is 5.97 Å². The molecule has 1 aliphatic rings. The molecule has 1 heterocycles. The lowest BCUT2D eigenvalue weighted by molar-refractivity contribution is 0.0600. The Kier molecular flexibility index (Phi) is 5.04. The molecule has 27 heavy (non-hydrogen) atoms. The SMILES string of the molecule is COC(=O)c1ccc(C(=O)C=C2NC(C)(C)Cc3ccc(OC)cc32)cc1. The van der Waals surface area contributed by atoms with E-state index in [-0.39, 0.29) is 11.3 Å². The molecule has 0 amide bonds. The van der Waals surface area contributed by atoms with Crippen LogP contribution in [0.3, 0.4) is 0 Å². The molecule has 0 unspecified atom stereocenters. The van der Waals surface area contributed by atoms with Crippen molar-refractivity contribution >= 4 is 17.4 Å². The molecule has 1 aliphatic heterocycles. The summed E-state index contributed by atoms with van der Waals surface area (Å²) in [5.41, 5.74) is 3.65. The van der Waals surface area contributed by atoms with Crippen LogP contribution in [0.2, 0.25) is 0 Å². The van der Waals surface area contributed by atoms with Crippen LogP contribution in [0.25, 0.3) is 5.70 Å². The molecule has 0 aromatic heterocycles. The van der Waals surface area contributed by atoms with Crippen molar-refractivity contribution in [2.24, 2.45) is 0 Å². The Labute approximate surface area is 159 Å². The number of esters is 1. The van der Waals surface area contributed by atoms with Crippen LogP contribution in [0.1, 0.15) is 45.7 Å². The molecule has 0 saturated carbocycles. The summed E-state index contributed by atoms with van der Waals surface area (Å²) in [7, 11) is 2.95. The number of allylic oxidation sites excluding steroid dienone is 1. The van der Waals surface area contributed by atoms with Crippen LogP contribution in [0, 0.1) is 0 Å². The van der Waals surface area contributed by atoms with Gasteiger partial charge in [0.05, 0.1) is 19.8 Å². The largest absolute Gasteiger partial charge is 0.497 e. The van der Waals surface area contributed by atoms with Gasteiger partial charge in [-0.1, -0.05) is 18.2 Å². The Morgan fingerprint density at radius 2 is 1.70 bits per heavy atom. The van der Waals surface area contributed by atoms with E-state index < -0.39 is 5.97 Å². The standard InChI is InChI=1S/C22H23NO4/c1-22(2)13-16-9-10-17(26-3)11-18(16)19(23-22)12-20(24)14-5-7-15(8-6-14)21(25)27-4/h5-12,23H,13H2,1-4H3. The highest BCUT2D eigenvalue weighted by molar-refractivity contribution is 6.09. The van der Waals surface area contributed by atoms with Gasteiger partial charge in [0.15, 0.2) is 5.78 Å². The zero-order chi connectivity index (χ0) is 19.6. The van der Waals surface area contributed by atoms with E-state index in [2.05, 4.69) is 23.9 Å². The van der Waals surface area contributed by atoms with Gasteiger partial charge in [-0.3, -0.25) is 4.79 Å². The summed E-state index contributed by atoms with van der Waals surface area (Å²) >= 11 is 0. The molecule has 0 aliphatic carbocycles. The van der Waals surface area contributed by atoms with Gasteiger partial charge in [-0.15, -0.1) is 0 Å². The number of ketones is 1. The van der Waals surface area contributed by atoms with Gasteiger partial charge in [0.2, 0.25) is 0 Å². The van der Waals surface area contributed by atoms with Crippen molar-refractivity contribution in [3.63, 3.8) is 0 Å². The van der Waals surface area contributed by atoms with Crippen molar-refractivity contribution in [1.29, 1.82) is 0 Å². The second kappa shape index (κ2) is 7.27. The molecule has 1 N–H and O–H groups in total. The summed E-state index contributed by atoms with van der Waals surface area (Å²) in [5.74, 6) is 0.181. The van der Waals surface area contributed by atoms with Gasteiger partial charge in [0, 0.05) is 28.4 Å². The predicted octanol–water partition coefficient (Wildman–Crippen LogP) is 3.63. The van der Waals surface area contributed by atoms with Crippen molar-refractivity contribution in [1.82, 2.24) is 5.32 Å². The fourth-order valence-corrected chi connectivity index (χ4v) is 3.26. The van der Waals surface area contributed by atoms with E-state index in [1.165, 1.54) is 12.7 Å². The lowest BCUT2D eigenvalue weighted by Crippen LogP contribution is -2.43. The fourth-order valence-electron chi connectivity index (χ4n) is 3.26. The maximum absolute atomic E-state index is 12.8. The van der Waals surface area contributed by atoms with E-state index in [9.17, 15) is 9.59 Å². The number of ether oxygens (including phenoxy) is 2. The normalized spacial score (nSPS) is 16.2. The summed E-state index contributed by atoms with van der Waals surface area (Å²) in [6.07, 6.45) is 2.46. The van der Waals surface area contributed by atoms with Gasteiger partial charge in [-0.05, 0) is 50.1 Å². The van der Waals surface area contributed by atoms with E-state index in [0.29, 0.717) is 11.1 Å². The number of rotatable bonds is 4. The molecule has 0 spiro atoms. The van der Waals surface area contributed by atoms with Gasteiger partial charge in [-0.25, -0.2) is 4.79 Å². The summed E-state index contributed by atoms with van der Waals surface area (Å²) in [4.78, 5) is 24.3. The molecule has 5 nitrogen and oxygen atoms in total. The van der Waals surface area contributed by atoms with E-state index in [1.807, 2.05) is 18.2 Å². The van der Waals surface area contributed by atoms with E-state index in [4.69, 9.17) is 4.74 Å². The zero-order valence-electron chi connectivity index (χ0n) is 16.0. The zero-order valence-corrected chi connectivity index (χ0v) is 16.0. The summed E-state index contributed by atoms with van der Waals surface area (Å²) in [6, 6.07) is 12.4. The number of hydrogen-bond donors (Lipinski definition) is 1. The first-order valence-electron chi connectivity index (χ1n) is 8.73. The molecule has 3 rings (SSSR count). The van der Waals surface area contributed by atoms with Gasteiger partial charge in [-0.2, -0.15) is 0 Å². The second-order valence-corrected chi connectivity index (χ2v) is 7.20. The first kappa shape index (κ1) is 18.7. The van der Waals surface area contributed by atoms with Crippen LogP contribution in [0.4, 0.5) is 0 Å². The molecule has 0 bridgehead atoms. The Morgan fingerprint density at radius 3 is 2.33 bits per heavy atom. The quantitative estimate of drug-likeness (QED) is 0.509. The minimum atomic E-state index is -0.427. The molecular formula is C22H23NO4. The molecule has 0 fully saturated rings. The molecule has 0 radical (unpaired) electrons. The topological polar surface area (TPSA) is 64.6 Å². The molecule has 0 saturated heterocycles. The van der Waals surface area contributed by atoms with E-state index in [1.54, 1.807) is 37.5 Å². The third-order valence-electron chi connectivity index (χ3n) is 4.58. The minimum absolute atomic E-state index is 0.139. The predicted molar refractivity (Wildman–Crippen MR) is 104 cm³/mol. The first-order chi connectivity index (χ1) is 12.8. The van der Waals surface area contributed by atoms with Crippen LogP contribution in [0.5, 0.6) is 5.75 Å². The molecule has 0 atom stereocenters. The fraction of sp³-hybridized carbons (Fsp3) is 0.273. The van der Waals surface area contributed by atoms with Crippen molar-refractivity contribution in [2.45, 2.75) is 25.8 Å². The third-order valence-corrected chi connectivity index (χ3v) is 4.58. The Bertz CT molecular complexity index is 910. The minimum Gasteiger partial charge on any atom is -0.497 e. The number of benzene rings is 2. The average molecular weight is 365 g/mol. The summed E-state index contributed by atoms with van der Waals surface area (Å²) < 4.78 is 10.0. The van der Waals surface area contributed by atoms with Crippen molar-refractivity contribution in [3.8, 4) is 5.75 Å². The maximum atomic E-state index is 12.8. The molecule has 140 valence electrons. The third kappa shape index (κ3) is 4.03. The van der Waals surface area contributed by atoms with Crippen LogP contribution in [-0.4, -0.2) is 31.5 Å². The number of nitrogens with one attached hydrogen (secondary N) is 1. The number of carbonyl (C=O) groups excluding carboxylic acids is 2. The Balaban J connectivity index is 1.96. The average Bonchev–Trinajstić information content (AvgIpc) is 2.66. The number of hydrogen-bond acceptors (Lipinski definition) is 5.